The van der Waals surface area contributed by atoms with Crippen LogP contribution in [0.2, 0.25) is 0 Å². The summed E-state index contributed by atoms with van der Waals surface area (Å²) in [4.78, 5) is 39.6. The van der Waals surface area contributed by atoms with Crippen molar-refractivity contribution in [2.24, 2.45) is 5.41 Å². The highest BCUT2D eigenvalue weighted by Gasteiger charge is 2.39. The SMILES string of the molecule is Cc1ccc(CC(=O)N2CCC3(CC2)COCCN(CC(=O)N(C)C)C3)cc1.O=C(O)C(F)(F)F. The normalized spacial score (nSPS) is 18.3. The average Bonchev–Trinajstić information content (AvgIpc) is 2.97. The van der Waals surface area contributed by atoms with E-state index < -0.39 is 12.1 Å². The fourth-order valence-electron chi connectivity index (χ4n) is 4.07. The highest BCUT2D eigenvalue weighted by atomic mass is 19.4. The second kappa shape index (κ2) is 12.3. The molecule has 0 unspecified atom stereocenters. The maximum atomic E-state index is 12.7. The van der Waals surface area contributed by atoms with Crippen molar-refractivity contribution < 1.29 is 37.4 Å². The number of hydrogen-bond acceptors (Lipinski definition) is 5. The first kappa shape index (κ1) is 28.6. The number of likely N-dealkylation sites (N-methyl/N-ethyl adjacent to an activating group) is 1. The van der Waals surface area contributed by atoms with Crippen LogP contribution in [0.1, 0.15) is 24.0 Å². The van der Waals surface area contributed by atoms with Crippen molar-refractivity contribution in [1.29, 1.82) is 0 Å². The Morgan fingerprint density at radius 1 is 1.09 bits per heavy atom. The third-order valence-electron chi connectivity index (χ3n) is 6.27. The number of ether oxygens (including phenoxy) is 1. The molecule has 0 bridgehead atoms. The number of carbonyl (C=O) groups excluding carboxylic acids is 2. The fourth-order valence-corrected chi connectivity index (χ4v) is 4.07. The predicted octanol–water partition coefficient (Wildman–Crippen LogP) is 2.20. The largest absolute Gasteiger partial charge is 0.490 e. The van der Waals surface area contributed by atoms with Crippen LogP contribution < -0.4 is 0 Å². The molecule has 2 saturated heterocycles. The van der Waals surface area contributed by atoms with E-state index in [0.29, 0.717) is 19.6 Å². The number of amides is 2. The quantitative estimate of drug-likeness (QED) is 0.681. The minimum Gasteiger partial charge on any atom is -0.475 e. The Labute approximate surface area is 203 Å². The van der Waals surface area contributed by atoms with Gasteiger partial charge in [0, 0.05) is 45.7 Å². The van der Waals surface area contributed by atoms with Crippen LogP contribution in [0.15, 0.2) is 24.3 Å². The third-order valence-corrected chi connectivity index (χ3v) is 6.27. The zero-order valence-corrected chi connectivity index (χ0v) is 20.4. The number of halogens is 3. The molecule has 0 aromatic heterocycles. The molecule has 2 aliphatic rings. The standard InChI is InChI=1S/C22H33N3O3.C2HF3O2/c1-18-4-6-19(7-5-18)14-20(26)25-10-8-22(9-11-25)16-24(12-13-28-17-22)15-21(27)23(2)3;3-2(4,5)1(6)7/h4-7H,8-17H2,1-3H3;(H,6,7). The number of carboxylic acid groups (broad SMARTS) is 1. The molecule has 35 heavy (non-hydrogen) atoms. The predicted molar refractivity (Wildman–Crippen MR) is 123 cm³/mol. The number of rotatable bonds is 4. The lowest BCUT2D eigenvalue weighted by Crippen LogP contribution is -2.50. The van der Waals surface area contributed by atoms with Gasteiger partial charge in [-0.2, -0.15) is 13.2 Å². The molecular formula is C24H34F3N3O5. The lowest BCUT2D eigenvalue weighted by Gasteiger charge is -2.42. The number of carbonyl (C=O) groups is 3. The van der Waals surface area contributed by atoms with Crippen LogP contribution in [-0.4, -0.2) is 104 Å². The molecule has 11 heteroatoms. The van der Waals surface area contributed by atoms with Crippen molar-refractivity contribution in [3.63, 3.8) is 0 Å². The van der Waals surface area contributed by atoms with E-state index in [9.17, 15) is 22.8 Å². The van der Waals surface area contributed by atoms with Gasteiger partial charge < -0.3 is 19.6 Å². The topological polar surface area (TPSA) is 90.4 Å². The summed E-state index contributed by atoms with van der Waals surface area (Å²) < 4.78 is 37.6. The number of aryl methyl sites for hydroxylation is 1. The smallest absolute Gasteiger partial charge is 0.475 e. The number of carboxylic acids is 1. The van der Waals surface area contributed by atoms with Crippen LogP contribution in [-0.2, 0) is 25.5 Å². The highest BCUT2D eigenvalue weighted by Crippen LogP contribution is 2.34. The van der Waals surface area contributed by atoms with Crippen LogP contribution in [0, 0.1) is 12.3 Å². The monoisotopic (exact) mass is 501 g/mol. The van der Waals surface area contributed by atoms with Crippen LogP contribution in [0.4, 0.5) is 13.2 Å². The fraction of sp³-hybridized carbons (Fsp3) is 0.625. The van der Waals surface area contributed by atoms with Gasteiger partial charge in [-0.1, -0.05) is 29.8 Å². The van der Waals surface area contributed by atoms with Gasteiger partial charge in [0.2, 0.25) is 11.8 Å². The Kier molecular flexibility index (Phi) is 10.1. The van der Waals surface area contributed by atoms with Gasteiger partial charge in [-0.3, -0.25) is 14.5 Å². The van der Waals surface area contributed by atoms with Gasteiger partial charge in [0.15, 0.2) is 0 Å². The molecule has 1 aromatic rings. The average molecular weight is 502 g/mol. The Morgan fingerprint density at radius 3 is 2.17 bits per heavy atom. The molecule has 3 rings (SSSR count). The lowest BCUT2D eigenvalue weighted by molar-refractivity contribution is -0.192. The summed E-state index contributed by atoms with van der Waals surface area (Å²) in [7, 11) is 3.59. The van der Waals surface area contributed by atoms with Crippen LogP contribution in [0.25, 0.3) is 0 Å². The van der Waals surface area contributed by atoms with Crippen LogP contribution >= 0.6 is 0 Å². The molecule has 0 radical (unpaired) electrons. The number of benzene rings is 1. The van der Waals surface area contributed by atoms with Gasteiger partial charge in [0.1, 0.15) is 0 Å². The van der Waals surface area contributed by atoms with Crippen molar-refractivity contribution in [3.8, 4) is 0 Å². The van der Waals surface area contributed by atoms with Crippen molar-refractivity contribution >= 4 is 17.8 Å². The number of piperidine rings is 1. The number of likely N-dealkylation sites (tertiary alicyclic amines) is 1. The van der Waals surface area contributed by atoms with Crippen molar-refractivity contribution in [2.75, 3.05) is 60.0 Å². The first-order valence-electron chi connectivity index (χ1n) is 11.4. The number of hydrogen-bond donors (Lipinski definition) is 1. The Morgan fingerprint density at radius 2 is 1.66 bits per heavy atom. The van der Waals surface area contributed by atoms with E-state index in [1.54, 1.807) is 19.0 Å². The molecule has 1 N–H and O–H groups in total. The zero-order valence-electron chi connectivity index (χ0n) is 20.4. The van der Waals surface area contributed by atoms with Gasteiger partial charge in [-0.25, -0.2) is 4.79 Å². The van der Waals surface area contributed by atoms with Crippen LogP contribution in [0.5, 0.6) is 0 Å². The van der Waals surface area contributed by atoms with E-state index in [1.165, 1.54) is 5.56 Å². The molecule has 2 heterocycles. The minimum atomic E-state index is -5.08. The molecule has 2 fully saturated rings. The molecule has 2 amide bonds. The molecule has 2 aliphatic heterocycles. The molecule has 196 valence electrons. The molecule has 0 aliphatic carbocycles. The first-order valence-corrected chi connectivity index (χ1v) is 11.4. The van der Waals surface area contributed by atoms with Crippen molar-refractivity contribution in [1.82, 2.24) is 14.7 Å². The van der Waals surface area contributed by atoms with E-state index in [0.717, 1.165) is 51.2 Å². The molecule has 0 saturated carbocycles. The summed E-state index contributed by atoms with van der Waals surface area (Å²) in [6, 6.07) is 8.19. The van der Waals surface area contributed by atoms with Crippen LogP contribution in [0.3, 0.4) is 0 Å². The summed E-state index contributed by atoms with van der Waals surface area (Å²) in [6.45, 7) is 7.07. The number of alkyl halides is 3. The van der Waals surface area contributed by atoms with Gasteiger partial charge in [-0.15, -0.1) is 0 Å². The van der Waals surface area contributed by atoms with E-state index in [-0.39, 0.29) is 17.2 Å². The molecule has 1 spiro atoms. The highest BCUT2D eigenvalue weighted by molar-refractivity contribution is 5.79. The molecule has 8 nitrogen and oxygen atoms in total. The summed E-state index contributed by atoms with van der Waals surface area (Å²) in [5.41, 5.74) is 2.33. The molecular weight excluding hydrogens is 467 g/mol. The summed E-state index contributed by atoms with van der Waals surface area (Å²) in [5.74, 6) is -2.43. The Bertz CT molecular complexity index is 866. The summed E-state index contributed by atoms with van der Waals surface area (Å²) >= 11 is 0. The second-order valence-electron chi connectivity index (χ2n) is 9.40. The van der Waals surface area contributed by atoms with Gasteiger partial charge in [0.25, 0.3) is 0 Å². The first-order chi connectivity index (χ1) is 16.3. The van der Waals surface area contributed by atoms with E-state index >= 15 is 0 Å². The Balaban J connectivity index is 0.000000540. The Hall–Kier alpha value is -2.66. The molecule has 0 atom stereocenters. The number of aliphatic carboxylic acids is 1. The van der Waals surface area contributed by atoms with Gasteiger partial charge in [0.05, 0.1) is 26.2 Å². The third kappa shape index (κ3) is 9.14. The minimum absolute atomic E-state index is 0.0454. The summed E-state index contributed by atoms with van der Waals surface area (Å²) in [6.07, 6.45) is -2.76. The molecule has 1 aromatic carbocycles. The van der Waals surface area contributed by atoms with Gasteiger partial charge >= 0.3 is 12.1 Å². The van der Waals surface area contributed by atoms with E-state index in [4.69, 9.17) is 14.6 Å². The van der Waals surface area contributed by atoms with E-state index in [1.807, 2.05) is 17.0 Å². The second-order valence-corrected chi connectivity index (χ2v) is 9.40. The number of nitrogens with zero attached hydrogens (tertiary/aromatic N) is 3. The van der Waals surface area contributed by atoms with E-state index in [2.05, 4.69) is 24.0 Å². The lowest BCUT2D eigenvalue weighted by atomic mass is 9.78. The van der Waals surface area contributed by atoms with Gasteiger partial charge in [-0.05, 0) is 25.3 Å². The van der Waals surface area contributed by atoms with Crippen molar-refractivity contribution in [2.45, 2.75) is 32.4 Å². The maximum absolute atomic E-state index is 12.7. The zero-order chi connectivity index (χ0) is 26.2. The van der Waals surface area contributed by atoms with Crippen molar-refractivity contribution in [3.05, 3.63) is 35.4 Å². The summed E-state index contributed by atoms with van der Waals surface area (Å²) in [5, 5.41) is 7.12. The maximum Gasteiger partial charge on any atom is 0.490 e.